The van der Waals surface area contributed by atoms with E-state index in [1.807, 2.05) is 12.1 Å². The second kappa shape index (κ2) is 4.52. The maximum atomic E-state index is 8.71. The van der Waals surface area contributed by atoms with Crippen LogP contribution in [0.3, 0.4) is 0 Å². The summed E-state index contributed by atoms with van der Waals surface area (Å²) in [5, 5.41) is 8.71. The number of anilines is 1. The molecule has 2 atom stereocenters. The lowest BCUT2D eigenvalue weighted by Crippen LogP contribution is -2.38. The Balaban J connectivity index is 2.10. The summed E-state index contributed by atoms with van der Waals surface area (Å²) in [7, 11) is 0. The van der Waals surface area contributed by atoms with E-state index in [2.05, 4.69) is 29.8 Å². The Labute approximate surface area is 96.7 Å². The van der Waals surface area contributed by atoms with Crippen molar-refractivity contribution < 1.29 is 0 Å². The average Bonchev–Trinajstić information content (AvgIpc) is 2.33. The fourth-order valence-electron chi connectivity index (χ4n) is 2.11. The molecule has 0 radical (unpaired) electrons. The predicted molar refractivity (Wildman–Crippen MR) is 64.1 cm³/mol. The second-order valence-electron chi connectivity index (χ2n) is 4.71. The van der Waals surface area contributed by atoms with Crippen LogP contribution in [-0.4, -0.2) is 18.1 Å². The molecule has 3 heteroatoms. The van der Waals surface area contributed by atoms with Gasteiger partial charge in [-0.15, -0.1) is 0 Å². The van der Waals surface area contributed by atoms with Gasteiger partial charge in [-0.2, -0.15) is 5.26 Å². The largest absolute Gasteiger partial charge is 0.356 e. The van der Waals surface area contributed by atoms with E-state index < -0.39 is 0 Å². The molecule has 2 heterocycles. The molecule has 0 aromatic carbocycles. The molecule has 1 aromatic heterocycles. The zero-order valence-electron chi connectivity index (χ0n) is 9.85. The molecule has 0 spiro atoms. The molecule has 1 aliphatic heterocycles. The normalized spacial score (nSPS) is 25.2. The Morgan fingerprint density at radius 3 is 2.75 bits per heavy atom. The third kappa shape index (κ3) is 2.16. The van der Waals surface area contributed by atoms with Gasteiger partial charge in [-0.3, -0.25) is 0 Å². The number of pyridine rings is 1. The molecule has 16 heavy (non-hydrogen) atoms. The Hall–Kier alpha value is -1.56. The van der Waals surface area contributed by atoms with Gasteiger partial charge < -0.3 is 4.90 Å². The molecule has 0 saturated carbocycles. The molecular weight excluding hydrogens is 198 g/mol. The standard InChI is InChI=1S/C13H17N3/c1-10-5-6-16(9-11(10)2)13-4-3-12(7-14)8-15-13/h3-4,8,10-11H,5-6,9H2,1-2H3/t10-,11+/m1/s1. The molecule has 3 nitrogen and oxygen atoms in total. The minimum absolute atomic E-state index is 0.627. The number of hydrogen-bond donors (Lipinski definition) is 0. The van der Waals surface area contributed by atoms with Crippen molar-refractivity contribution in [2.75, 3.05) is 18.0 Å². The van der Waals surface area contributed by atoms with Crippen molar-refractivity contribution >= 4 is 5.82 Å². The lowest BCUT2D eigenvalue weighted by molar-refractivity contribution is 0.323. The highest BCUT2D eigenvalue weighted by Gasteiger charge is 2.23. The lowest BCUT2D eigenvalue weighted by Gasteiger charge is -2.36. The van der Waals surface area contributed by atoms with Crippen molar-refractivity contribution in [3.8, 4) is 6.07 Å². The minimum Gasteiger partial charge on any atom is -0.356 e. The zero-order valence-corrected chi connectivity index (χ0v) is 9.85. The summed E-state index contributed by atoms with van der Waals surface area (Å²) >= 11 is 0. The van der Waals surface area contributed by atoms with E-state index in [1.54, 1.807) is 6.20 Å². The summed E-state index contributed by atoms with van der Waals surface area (Å²) in [5.74, 6) is 2.51. The molecular formula is C13H17N3. The van der Waals surface area contributed by atoms with E-state index in [9.17, 15) is 0 Å². The van der Waals surface area contributed by atoms with E-state index >= 15 is 0 Å². The molecule has 0 N–H and O–H groups in total. The molecule has 1 fully saturated rings. The lowest BCUT2D eigenvalue weighted by atomic mass is 9.89. The van der Waals surface area contributed by atoms with E-state index in [4.69, 9.17) is 5.26 Å². The molecule has 1 aliphatic rings. The fraction of sp³-hybridized carbons (Fsp3) is 0.538. The first kappa shape index (κ1) is 10.9. The van der Waals surface area contributed by atoms with Crippen molar-refractivity contribution in [2.45, 2.75) is 20.3 Å². The van der Waals surface area contributed by atoms with Gasteiger partial charge in [0.25, 0.3) is 0 Å². The Morgan fingerprint density at radius 2 is 2.19 bits per heavy atom. The molecule has 0 aliphatic carbocycles. The quantitative estimate of drug-likeness (QED) is 0.722. The highest BCUT2D eigenvalue weighted by molar-refractivity contribution is 5.42. The topological polar surface area (TPSA) is 39.9 Å². The van der Waals surface area contributed by atoms with Gasteiger partial charge >= 0.3 is 0 Å². The molecule has 2 rings (SSSR count). The van der Waals surface area contributed by atoms with E-state index in [1.165, 1.54) is 6.42 Å². The first-order valence-corrected chi connectivity index (χ1v) is 5.82. The van der Waals surface area contributed by atoms with Crippen molar-refractivity contribution in [2.24, 2.45) is 11.8 Å². The molecule has 0 bridgehead atoms. The monoisotopic (exact) mass is 215 g/mol. The number of aromatic nitrogens is 1. The van der Waals surface area contributed by atoms with Crippen LogP contribution in [0, 0.1) is 23.2 Å². The van der Waals surface area contributed by atoms with Gasteiger partial charge in [-0.1, -0.05) is 13.8 Å². The summed E-state index contributed by atoms with van der Waals surface area (Å²) in [6.07, 6.45) is 2.88. The maximum Gasteiger partial charge on any atom is 0.128 e. The Morgan fingerprint density at radius 1 is 1.38 bits per heavy atom. The molecule has 0 amide bonds. The van der Waals surface area contributed by atoms with Gasteiger partial charge in [0.15, 0.2) is 0 Å². The van der Waals surface area contributed by atoms with Crippen molar-refractivity contribution in [3.05, 3.63) is 23.9 Å². The average molecular weight is 215 g/mol. The van der Waals surface area contributed by atoms with Crippen LogP contribution < -0.4 is 4.90 Å². The van der Waals surface area contributed by atoms with Gasteiger partial charge in [0.1, 0.15) is 11.9 Å². The van der Waals surface area contributed by atoms with Crippen LogP contribution in [0.25, 0.3) is 0 Å². The van der Waals surface area contributed by atoms with Gasteiger partial charge in [0, 0.05) is 19.3 Å². The van der Waals surface area contributed by atoms with Crippen molar-refractivity contribution in [3.63, 3.8) is 0 Å². The van der Waals surface area contributed by atoms with Crippen LogP contribution in [0.2, 0.25) is 0 Å². The third-order valence-electron chi connectivity index (χ3n) is 3.54. The van der Waals surface area contributed by atoms with Crippen LogP contribution in [0.5, 0.6) is 0 Å². The van der Waals surface area contributed by atoms with Crippen LogP contribution >= 0.6 is 0 Å². The first-order chi connectivity index (χ1) is 7.70. The molecule has 84 valence electrons. The molecule has 1 aromatic rings. The first-order valence-electron chi connectivity index (χ1n) is 5.82. The van der Waals surface area contributed by atoms with Gasteiger partial charge in [-0.25, -0.2) is 4.98 Å². The minimum atomic E-state index is 0.627. The number of rotatable bonds is 1. The summed E-state index contributed by atoms with van der Waals surface area (Å²) in [4.78, 5) is 6.65. The van der Waals surface area contributed by atoms with Crippen molar-refractivity contribution in [1.82, 2.24) is 4.98 Å². The Bertz CT molecular complexity index is 391. The predicted octanol–water partition coefficient (Wildman–Crippen LogP) is 2.44. The third-order valence-corrected chi connectivity index (χ3v) is 3.54. The van der Waals surface area contributed by atoms with Gasteiger partial charge in [0.05, 0.1) is 5.56 Å². The molecule has 0 unspecified atom stereocenters. The van der Waals surface area contributed by atoms with Gasteiger partial charge in [-0.05, 0) is 30.4 Å². The van der Waals surface area contributed by atoms with Crippen LogP contribution in [0.4, 0.5) is 5.82 Å². The van der Waals surface area contributed by atoms with Crippen LogP contribution in [-0.2, 0) is 0 Å². The van der Waals surface area contributed by atoms with E-state index in [0.717, 1.165) is 24.8 Å². The fourth-order valence-corrected chi connectivity index (χ4v) is 2.11. The van der Waals surface area contributed by atoms with Crippen LogP contribution in [0.1, 0.15) is 25.8 Å². The number of hydrogen-bond acceptors (Lipinski definition) is 3. The molecule has 1 saturated heterocycles. The summed E-state index contributed by atoms with van der Waals surface area (Å²) in [6, 6.07) is 5.88. The highest BCUT2D eigenvalue weighted by Crippen LogP contribution is 2.25. The SMILES string of the molecule is C[C@@H]1CCN(c2ccc(C#N)cn2)C[C@@H]1C. The Kier molecular flexibility index (Phi) is 3.09. The van der Waals surface area contributed by atoms with E-state index in [0.29, 0.717) is 11.5 Å². The maximum absolute atomic E-state index is 8.71. The summed E-state index contributed by atoms with van der Waals surface area (Å²) < 4.78 is 0. The van der Waals surface area contributed by atoms with Crippen LogP contribution in [0.15, 0.2) is 18.3 Å². The summed E-state index contributed by atoms with van der Waals surface area (Å²) in [6.45, 7) is 6.75. The highest BCUT2D eigenvalue weighted by atomic mass is 15.2. The smallest absolute Gasteiger partial charge is 0.128 e. The second-order valence-corrected chi connectivity index (χ2v) is 4.71. The number of piperidine rings is 1. The summed E-state index contributed by atoms with van der Waals surface area (Å²) in [5.41, 5.74) is 0.627. The van der Waals surface area contributed by atoms with Gasteiger partial charge in [0.2, 0.25) is 0 Å². The van der Waals surface area contributed by atoms with E-state index in [-0.39, 0.29) is 0 Å². The number of nitriles is 1. The number of nitrogens with zero attached hydrogens (tertiary/aromatic N) is 3. The zero-order chi connectivity index (χ0) is 11.5. The van der Waals surface area contributed by atoms with Crippen molar-refractivity contribution in [1.29, 1.82) is 5.26 Å².